The summed E-state index contributed by atoms with van der Waals surface area (Å²) in [5.41, 5.74) is 12.5. The summed E-state index contributed by atoms with van der Waals surface area (Å²) in [6.45, 7) is 4.22. The Bertz CT molecular complexity index is 2190. The zero-order valence-electron chi connectivity index (χ0n) is 25.2. The van der Waals surface area contributed by atoms with Gasteiger partial charge in [-0.15, -0.1) is 0 Å². The summed E-state index contributed by atoms with van der Waals surface area (Å²) in [6, 6.07) is 21.1. The highest BCUT2D eigenvalue weighted by Gasteiger charge is 2.20. The molecular formula is C33H31N9O2S. The molecule has 0 saturated carbocycles. The van der Waals surface area contributed by atoms with E-state index in [0.717, 1.165) is 43.7 Å². The molecule has 0 aliphatic carbocycles. The van der Waals surface area contributed by atoms with Crippen molar-refractivity contribution in [1.29, 1.82) is 0 Å². The van der Waals surface area contributed by atoms with Crippen LogP contribution in [0.2, 0.25) is 0 Å². The second kappa shape index (κ2) is 12.2. The number of nitrogens with one attached hydrogen (secondary N) is 3. The second-order valence-electron chi connectivity index (χ2n) is 10.4. The van der Waals surface area contributed by atoms with E-state index in [1.165, 1.54) is 17.7 Å². The lowest BCUT2D eigenvalue weighted by Crippen LogP contribution is -2.25. The molecule has 0 aliphatic heterocycles. The third-order valence-electron chi connectivity index (χ3n) is 7.57. The van der Waals surface area contributed by atoms with E-state index in [1.807, 2.05) is 80.6 Å². The first kappa shape index (κ1) is 29.5. The number of benzene rings is 3. The number of para-hydroxylation sites is 1. The SMILES string of the molecule is CN=C(c1ccc2nc(NC(=O)NC)sc2c1)c1c(N)ncnc1NCc1cc2cccc(C)c2c(=O)n1-c1ccccc1C. The lowest BCUT2D eigenvalue weighted by atomic mass is 10.0. The third kappa shape index (κ3) is 5.58. The Morgan fingerprint density at radius 1 is 1.02 bits per heavy atom. The topological polar surface area (TPSA) is 152 Å². The number of carbonyl (C=O) groups is 1. The van der Waals surface area contributed by atoms with E-state index in [9.17, 15) is 9.59 Å². The number of anilines is 3. The predicted molar refractivity (Wildman–Crippen MR) is 182 cm³/mol. The fourth-order valence-corrected chi connectivity index (χ4v) is 6.31. The van der Waals surface area contributed by atoms with Crippen molar-refractivity contribution in [2.45, 2.75) is 20.4 Å². The lowest BCUT2D eigenvalue weighted by Gasteiger charge is -2.19. The first-order valence-electron chi connectivity index (χ1n) is 14.2. The van der Waals surface area contributed by atoms with Gasteiger partial charge < -0.3 is 16.4 Å². The minimum atomic E-state index is -0.343. The van der Waals surface area contributed by atoms with Gasteiger partial charge in [0.25, 0.3) is 5.56 Å². The number of carbonyl (C=O) groups excluding carboxylic acids is 1. The van der Waals surface area contributed by atoms with Crippen LogP contribution in [0.5, 0.6) is 0 Å². The van der Waals surface area contributed by atoms with Gasteiger partial charge in [-0.2, -0.15) is 0 Å². The number of nitrogens with two attached hydrogens (primary N) is 1. The maximum atomic E-state index is 14.0. The Hall–Kier alpha value is -5.62. The summed E-state index contributed by atoms with van der Waals surface area (Å²) in [6.07, 6.45) is 1.40. The number of rotatable bonds is 7. The third-order valence-corrected chi connectivity index (χ3v) is 8.50. The molecule has 0 aliphatic rings. The molecule has 6 aromatic rings. The van der Waals surface area contributed by atoms with E-state index < -0.39 is 0 Å². The second-order valence-corrected chi connectivity index (χ2v) is 11.4. The number of nitrogens with zero attached hydrogens (tertiary/aromatic N) is 5. The van der Waals surface area contributed by atoms with Crippen LogP contribution in [0.25, 0.3) is 26.7 Å². The summed E-state index contributed by atoms with van der Waals surface area (Å²) in [5, 5.41) is 10.7. The first-order valence-corrected chi connectivity index (χ1v) is 15.0. The molecule has 45 heavy (non-hydrogen) atoms. The number of fused-ring (bicyclic) bond motifs is 2. The number of pyridine rings is 1. The fourth-order valence-electron chi connectivity index (χ4n) is 5.41. The largest absolute Gasteiger partial charge is 0.383 e. The van der Waals surface area contributed by atoms with Crippen molar-refractivity contribution in [2.24, 2.45) is 4.99 Å². The molecule has 0 saturated heterocycles. The van der Waals surface area contributed by atoms with Crippen molar-refractivity contribution in [3.63, 3.8) is 0 Å². The fraction of sp³-hybridized carbons (Fsp3) is 0.152. The van der Waals surface area contributed by atoms with E-state index in [1.54, 1.807) is 18.7 Å². The highest BCUT2D eigenvalue weighted by atomic mass is 32.1. The molecule has 226 valence electrons. The molecule has 12 heteroatoms. The normalized spacial score (nSPS) is 11.6. The molecule has 0 radical (unpaired) electrons. The molecule has 5 N–H and O–H groups in total. The summed E-state index contributed by atoms with van der Waals surface area (Å²) in [4.78, 5) is 43.7. The van der Waals surface area contributed by atoms with E-state index in [-0.39, 0.29) is 24.0 Å². The van der Waals surface area contributed by atoms with Crippen LogP contribution in [-0.4, -0.2) is 45.4 Å². The lowest BCUT2D eigenvalue weighted by molar-refractivity contribution is 0.254. The Labute approximate surface area is 262 Å². The number of hydrogen-bond donors (Lipinski definition) is 4. The van der Waals surface area contributed by atoms with Crippen molar-refractivity contribution in [3.05, 3.63) is 111 Å². The van der Waals surface area contributed by atoms with Crippen LogP contribution >= 0.6 is 11.3 Å². The molecule has 3 aromatic carbocycles. The molecule has 0 bridgehead atoms. The number of aromatic nitrogens is 4. The van der Waals surface area contributed by atoms with Crippen LogP contribution in [0.4, 0.5) is 21.6 Å². The number of amides is 2. The number of urea groups is 1. The molecule has 2 amide bonds. The Morgan fingerprint density at radius 2 is 1.82 bits per heavy atom. The van der Waals surface area contributed by atoms with Crippen molar-refractivity contribution in [3.8, 4) is 5.69 Å². The number of nitrogen functional groups attached to an aromatic ring is 1. The molecule has 0 spiro atoms. The van der Waals surface area contributed by atoms with Gasteiger partial charge in [-0.05, 0) is 54.6 Å². The van der Waals surface area contributed by atoms with Crippen LogP contribution in [0.3, 0.4) is 0 Å². The standard InChI is InChI=1S/C33H31N9O2S/c1-18-8-5-6-11-24(18)42-22(14-20-10-7-9-19(2)26(20)31(42)43)16-37-30-27(29(34)38-17-39-30)28(35-3)21-12-13-23-25(15-21)45-33(40-23)41-32(44)36-4/h5-15,17H,16H2,1-4H3,(H3,34,37,38,39)(H2,36,40,41,44). The van der Waals surface area contributed by atoms with Crippen molar-refractivity contribution in [1.82, 2.24) is 24.8 Å². The van der Waals surface area contributed by atoms with Gasteiger partial charge in [-0.25, -0.2) is 19.7 Å². The number of aliphatic imine (C=N–C) groups is 1. The molecule has 0 atom stereocenters. The quantitative estimate of drug-likeness (QED) is 0.175. The zero-order chi connectivity index (χ0) is 31.7. The maximum absolute atomic E-state index is 14.0. The molecule has 0 unspecified atom stereocenters. The van der Waals surface area contributed by atoms with E-state index in [4.69, 9.17) is 5.73 Å². The van der Waals surface area contributed by atoms with E-state index >= 15 is 0 Å². The average Bonchev–Trinajstić information content (AvgIpc) is 3.43. The zero-order valence-corrected chi connectivity index (χ0v) is 26.0. The van der Waals surface area contributed by atoms with Crippen molar-refractivity contribution < 1.29 is 4.79 Å². The molecular weight excluding hydrogens is 586 g/mol. The molecule has 0 fully saturated rings. The van der Waals surface area contributed by atoms with Gasteiger partial charge in [0.1, 0.15) is 18.0 Å². The van der Waals surface area contributed by atoms with Gasteiger partial charge in [-0.3, -0.25) is 19.7 Å². The van der Waals surface area contributed by atoms with Gasteiger partial charge >= 0.3 is 6.03 Å². The summed E-state index contributed by atoms with van der Waals surface area (Å²) in [5.74, 6) is 0.729. The van der Waals surface area contributed by atoms with Crippen molar-refractivity contribution in [2.75, 3.05) is 30.5 Å². The average molecular weight is 618 g/mol. The Kier molecular flexibility index (Phi) is 7.97. The highest BCUT2D eigenvalue weighted by Crippen LogP contribution is 2.30. The van der Waals surface area contributed by atoms with Gasteiger partial charge in [0.05, 0.1) is 39.1 Å². The van der Waals surface area contributed by atoms with Crippen molar-refractivity contribution >= 4 is 60.8 Å². The first-order chi connectivity index (χ1) is 21.8. The number of hydrogen-bond acceptors (Lipinski definition) is 9. The molecule has 3 aromatic heterocycles. The smallest absolute Gasteiger partial charge is 0.320 e. The highest BCUT2D eigenvalue weighted by molar-refractivity contribution is 7.22. The molecule has 3 heterocycles. The Balaban J connectivity index is 1.41. The van der Waals surface area contributed by atoms with Crippen LogP contribution < -0.4 is 27.2 Å². The molecule has 11 nitrogen and oxygen atoms in total. The van der Waals surface area contributed by atoms with Crippen LogP contribution in [0.1, 0.15) is 27.9 Å². The Morgan fingerprint density at radius 3 is 2.60 bits per heavy atom. The maximum Gasteiger partial charge on any atom is 0.320 e. The molecule has 6 rings (SSSR count). The summed E-state index contributed by atoms with van der Waals surface area (Å²) >= 11 is 1.35. The van der Waals surface area contributed by atoms with Crippen LogP contribution in [0.15, 0.2) is 82.8 Å². The minimum Gasteiger partial charge on any atom is -0.383 e. The summed E-state index contributed by atoms with van der Waals surface area (Å²) in [7, 11) is 3.23. The van der Waals surface area contributed by atoms with Gasteiger partial charge in [0.2, 0.25) is 0 Å². The monoisotopic (exact) mass is 617 g/mol. The predicted octanol–water partition coefficient (Wildman–Crippen LogP) is 5.42. The van der Waals surface area contributed by atoms with E-state index in [2.05, 4.69) is 35.9 Å². The van der Waals surface area contributed by atoms with Crippen LogP contribution in [0, 0.1) is 13.8 Å². The summed E-state index contributed by atoms with van der Waals surface area (Å²) < 4.78 is 2.62. The van der Waals surface area contributed by atoms with Gasteiger partial charge in [0.15, 0.2) is 5.13 Å². The van der Waals surface area contributed by atoms with E-state index in [0.29, 0.717) is 27.6 Å². The minimum absolute atomic E-state index is 0.0851. The van der Waals surface area contributed by atoms with Gasteiger partial charge in [0, 0.05) is 25.4 Å². The van der Waals surface area contributed by atoms with Crippen LogP contribution in [-0.2, 0) is 6.54 Å². The number of aryl methyl sites for hydroxylation is 2. The number of thiazole rings is 1. The van der Waals surface area contributed by atoms with Gasteiger partial charge in [-0.1, -0.05) is 53.8 Å².